The summed E-state index contributed by atoms with van der Waals surface area (Å²) in [4.78, 5) is 18.6. The highest BCUT2D eigenvalue weighted by molar-refractivity contribution is 7.91. The molecule has 0 saturated carbocycles. The summed E-state index contributed by atoms with van der Waals surface area (Å²) >= 11 is 0. The summed E-state index contributed by atoms with van der Waals surface area (Å²) in [6, 6.07) is 21.4. The Labute approximate surface area is 254 Å². The fourth-order valence-electron chi connectivity index (χ4n) is 5.31. The second-order valence-corrected chi connectivity index (χ2v) is 16.4. The van der Waals surface area contributed by atoms with Crippen LogP contribution < -0.4 is 0 Å². The number of hydrogen-bond acceptors (Lipinski definition) is 7. The Balaban J connectivity index is 1.84. The molecule has 0 amide bonds. The van der Waals surface area contributed by atoms with E-state index < -0.39 is 35.9 Å². The van der Waals surface area contributed by atoms with E-state index in [0.29, 0.717) is 11.1 Å². The molecule has 0 radical (unpaired) electrons. The number of aromatic nitrogens is 1. The van der Waals surface area contributed by atoms with Crippen molar-refractivity contribution in [2.75, 3.05) is 12.5 Å². The van der Waals surface area contributed by atoms with Crippen LogP contribution in [0.3, 0.4) is 0 Å². The van der Waals surface area contributed by atoms with Crippen LogP contribution in [0.4, 0.5) is 0 Å². The van der Waals surface area contributed by atoms with Gasteiger partial charge in [0.15, 0.2) is 25.5 Å². The van der Waals surface area contributed by atoms with Gasteiger partial charge in [-0.2, -0.15) is 0 Å². The third-order valence-corrected chi connectivity index (χ3v) is 11.9. The first-order valence-corrected chi connectivity index (χ1v) is 18.0. The van der Waals surface area contributed by atoms with Gasteiger partial charge in [-0.15, -0.1) is 0 Å². The van der Waals surface area contributed by atoms with Crippen LogP contribution in [0.1, 0.15) is 63.1 Å². The number of hydrogen-bond donors (Lipinski definition) is 1. The Morgan fingerprint density at radius 2 is 1.53 bits per heavy atom. The molecule has 0 aliphatic rings. The monoisotopic (exact) mass is 621 g/mol. The smallest absolute Gasteiger partial charge is 0.175 e. The van der Waals surface area contributed by atoms with E-state index in [-0.39, 0.29) is 29.9 Å². The maximum atomic E-state index is 13.9. The zero-order chi connectivity index (χ0) is 31.8. The largest absolute Gasteiger partial charge is 0.382 e. The van der Waals surface area contributed by atoms with Gasteiger partial charge in [0.25, 0.3) is 0 Å². The second kappa shape index (κ2) is 11.9. The van der Waals surface area contributed by atoms with Crippen molar-refractivity contribution in [1.82, 2.24) is 4.98 Å². The molecule has 1 atom stereocenters. The molecule has 4 rings (SSSR count). The standard InChI is InChI=1S/C34H39NO6S2/c1-7-34(37,8-2)32(36)30(24-14-16-28(17-15-24)42(5,38)39)20-23-11-9-12-25(19-23)29-22-27(33(3,4)43(6,40)41)21-26-13-10-18-35-31(26)29/h9-19,21-22,30,37H,7-8,20H2,1-6H3. The van der Waals surface area contributed by atoms with Crippen molar-refractivity contribution in [3.63, 3.8) is 0 Å². The number of benzene rings is 3. The molecule has 9 heteroatoms. The van der Waals surface area contributed by atoms with E-state index >= 15 is 0 Å². The highest BCUT2D eigenvalue weighted by Crippen LogP contribution is 2.37. The maximum absolute atomic E-state index is 13.9. The van der Waals surface area contributed by atoms with Crippen LogP contribution in [-0.4, -0.2) is 50.8 Å². The van der Waals surface area contributed by atoms with Crippen LogP contribution in [0, 0.1) is 0 Å². The summed E-state index contributed by atoms with van der Waals surface area (Å²) in [6.07, 6.45) is 4.83. The van der Waals surface area contributed by atoms with Crippen molar-refractivity contribution in [1.29, 1.82) is 0 Å². The number of carbonyl (C=O) groups excluding carboxylic acids is 1. The lowest BCUT2D eigenvalue weighted by molar-refractivity contribution is -0.139. The number of sulfone groups is 2. The summed E-state index contributed by atoms with van der Waals surface area (Å²) in [7, 11) is -6.86. The third-order valence-electron chi connectivity index (χ3n) is 8.66. The van der Waals surface area contributed by atoms with Gasteiger partial charge >= 0.3 is 0 Å². The average Bonchev–Trinajstić information content (AvgIpc) is 2.97. The second-order valence-electron chi connectivity index (χ2n) is 11.8. The zero-order valence-electron chi connectivity index (χ0n) is 25.5. The number of carbonyl (C=O) groups is 1. The molecule has 43 heavy (non-hydrogen) atoms. The first-order valence-electron chi connectivity index (χ1n) is 14.3. The molecule has 0 spiro atoms. The minimum atomic E-state index is -3.44. The Hall–Kier alpha value is -3.40. The fraction of sp³-hybridized carbons (Fsp3) is 0.353. The van der Waals surface area contributed by atoms with Crippen molar-refractivity contribution in [3.8, 4) is 11.1 Å². The number of ketones is 1. The van der Waals surface area contributed by atoms with Crippen LogP contribution in [-0.2, 0) is 35.6 Å². The van der Waals surface area contributed by atoms with E-state index in [1.165, 1.54) is 18.4 Å². The Bertz CT molecular complexity index is 1870. The van der Waals surface area contributed by atoms with Crippen LogP contribution in [0.5, 0.6) is 0 Å². The highest BCUT2D eigenvalue weighted by atomic mass is 32.2. The lowest BCUT2D eigenvalue weighted by Crippen LogP contribution is -2.41. The van der Waals surface area contributed by atoms with E-state index in [0.717, 1.165) is 33.8 Å². The van der Waals surface area contributed by atoms with Crippen LogP contribution >= 0.6 is 0 Å². The van der Waals surface area contributed by atoms with Crippen molar-refractivity contribution >= 4 is 36.4 Å². The molecule has 3 aromatic carbocycles. The van der Waals surface area contributed by atoms with E-state index in [9.17, 15) is 26.7 Å². The Morgan fingerprint density at radius 1 is 0.884 bits per heavy atom. The minimum absolute atomic E-state index is 0.155. The Kier molecular flexibility index (Phi) is 9.03. The molecule has 228 valence electrons. The normalized spacial score (nSPS) is 13.7. The minimum Gasteiger partial charge on any atom is -0.382 e. The quantitative estimate of drug-likeness (QED) is 0.217. The van der Waals surface area contributed by atoms with Crippen LogP contribution in [0.2, 0.25) is 0 Å². The van der Waals surface area contributed by atoms with E-state index in [1.807, 2.05) is 48.5 Å². The highest BCUT2D eigenvalue weighted by Gasteiger charge is 2.38. The van der Waals surface area contributed by atoms with Gasteiger partial charge in [0, 0.05) is 35.6 Å². The summed E-state index contributed by atoms with van der Waals surface area (Å²) < 4.78 is 48.4. The number of fused-ring (bicyclic) bond motifs is 1. The molecule has 1 aromatic heterocycles. The molecule has 0 fully saturated rings. The molecule has 0 aliphatic heterocycles. The molecule has 0 saturated heterocycles. The molecule has 1 heterocycles. The first kappa shape index (κ1) is 32.5. The SMILES string of the molecule is CCC(O)(CC)C(=O)C(Cc1cccc(-c2cc(C(C)(C)S(C)(=O)=O)cc3cccnc23)c1)c1ccc(S(C)(=O)=O)cc1. The zero-order valence-corrected chi connectivity index (χ0v) is 27.1. The molecule has 7 nitrogen and oxygen atoms in total. The molecule has 0 bridgehead atoms. The van der Waals surface area contributed by atoms with Gasteiger partial charge < -0.3 is 5.11 Å². The number of pyridine rings is 1. The third kappa shape index (κ3) is 6.59. The summed E-state index contributed by atoms with van der Waals surface area (Å²) in [5, 5.41) is 12.0. The van der Waals surface area contributed by atoms with E-state index in [1.54, 1.807) is 46.0 Å². The molecular formula is C34H39NO6S2. The van der Waals surface area contributed by atoms with Gasteiger partial charge in [0.05, 0.1) is 15.2 Å². The fourth-order valence-corrected chi connectivity index (χ4v) is 6.48. The van der Waals surface area contributed by atoms with Gasteiger partial charge in [-0.1, -0.05) is 56.3 Å². The summed E-state index contributed by atoms with van der Waals surface area (Å²) in [6.45, 7) is 6.92. The summed E-state index contributed by atoms with van der Waals surface area (Å²) in [5.41, 5.74) is 2.87. The van der Waals surface area contributed by atoms with Gasteiger partial charge in [-0.25, -0.2) is 16.8 Å². The van der Waals surface area contributed by atoms with Crippen molar-refractivity contribution < 1.29 is 26.7 Å². The predicted molar refractivity (Wildman–Crippen MR) is 172 cm³/mol. The molecule has 1 unspecified atom stereocenters. The van der Waals surface area contributed by atoms with Gasteiger partial charge in [-0.3, -0.25) is 9.78 Å². The maximum Gasteiger partial charge on any atom is 0.175 e. The van der Waals surface area contributed by atoms with E-state index in [4.69, 9.17) is 0 Å². The van der Waals surface area contributed by atoms with Gasteiger partial charge in [0.2, 0.25) is 0 Å². The molecule has 0 aliphatic carbocycles. The molecular weight excluding hydrogens is 583 g/mol. The average molecular weight is 622 g/mol. The van der Waals surface area contributed by atoms with Crippen LogP contribution in [0.25, 0.3) is 22.0 Å². The van der Waals surface area contributed by atoms with Gasteiger partial charge in [0.1, 0.15) is 5.60 Å². The number of nitrogens with zero attached hydrogens (tertiary/aromatic N) is 1. The predicted octanol–water partition coefficient (Wildman–Crippen LogP) is 6.03. The number of Topliss-reactive ketones (excluding diaryl/α,β-unsaturated/α-hetero) is 1. The lowest BCUT2D eigenvalue weighted by atomic mass is 9.78. The van der Waals surface area contributed by atoms with Crippen molar-refractivity contribution in [3.05, 3.63) is 95.7 Å². The van der Waals surface area contributed by atoms with Crippen molar-refractivity contribution in [2.45, 2.75) is 68.1 Å². The Morgan fingerprint density at radius 3 is 2.12 bits per heavy atom. The topological polar surface area (TPSA) is 118 Å². The number of aliphatic hydroxyl groups is 1. The van der Waals surface area contributed by atoms with E-state index in [2.05, 4.69) is 4.98 Å². The van der Waals surface area contributed by atoms with Crippen LogP contribution in [0.15, 0.2) is 83.9 Å². The lowest BCUT2D eigenvalue weighted by Gasteiger charge is -2.29. The summed E-state index contributed by atoms with van der Waals surface area (Å²) in [5.74, 6) is -1.04. The number of rotatable bonds is 11. The molecule has 4 aromatic rings. The first-order chi connectivity index (χ1) is 20.0. The molecule has 1 N–H and O–H groups in total. The van der Waals surface area contributed by atoms with Crippen molar-refractivity contribution in [2.24, 2.45) is 0 Å². The van der Waals surface area contributed by atoms with Gasteiger partial charge in [-0.05, 0) is 85.7 Å².